The highest BCUT2D eigenvalue weighted by Gasteiger charge is 2.12. The first-order valence-corrected chi connectivity index (χ1v) is 5.19. The van der Waals surface area contributed by atoms with E-state index in [1.165, 1.54) is 13.3 Å². The molecule has 0 N–H and O–H groups in total. The van der Waals surface area contributed by atoms with Gasteiger partial charge in [0.05, 0.1) is 18.4 Å². The molecule has 0 atom stereocenters. The number of aryl methyl sites for hydroxylation is 1. The molecule has 0 amide bonds. The minimum Gasteiger partial charge on any atom is -0.465 e. The molecule has 1 heterocycles. The summed E-state index contributed by atoms with van der Waals surface area (Å²) in [6.07, 6.45) is 1.50. The van der Waals surface area contributed by atoms with Crippen LogP contribution in [-0.4, -0.2) is 23.0 Å². The van der Waals surface area contributed by atoms with Gasteiger partial charge in [-0.25, -0.2) is 14.8 Å². The zero-order valence-corrected chi connectivity index (χ0v) is 9.68. The van der Waals surface area contributed by atoms with Gasteiger partial charge < -0.3 is 4.74 Å². The molecule has 0 aliphatic carbocycles. The number of nitrogens with zero attached hydrogens (tertiary/aromatic N) is 2. The molecule has 17 heavy (non-hydrogen) atoms. The first kappa shape index (κ1) is 11.3. The number of carbonyl (C=O) groups is 1. The summed E-state index contributed by atoms with van der Waals surface area (Å²) in [7, 11) is 1.34. The zero-order valence-electron chi connectivity index (χ0n) is 9.68. The van der Waals surface area contributed by atoms with Crippen LogP contribution >= 0.6 is 0 Å². The zero-order chi connectivity index (χ0) is 12.3. The van der Waals surface area contributed by atoms with E-state index in [0.717, 1.165) is 5.56 Å². The van der Waals surface area contributed by atoms with Gasteiger partial charge in [0.15, 0.2) is 5.82 Å². The predicted molar refractivity (Wildman–Crippen MR) is 63.5 cm³/mol. The Kier molecular flexibility index (Phi) is 3.14. The minimum atomic E-state index is -0.415. The number of hydrogen-bond donors (Lipinski definition) is 0. The van der Waals surface area contributed by atoms with Gasteiger partial charge in [-0.1, -0.05) is 30.3 Å². The number of rotatable bonds is 2. The molecule has 2 aromatic rings. The van der Waals surface area contributed by atoms with E-state index in [1.54, 1.807) is 6.92 Å². The molecule has 0 radical (unpaired) electrons. The molecule has 0 spiro atoms. The molecule has 0 unspecified atom stereocenters. The monoisotopic (exact) mass is 228 g/mol. The molecular formula is C13H12N2O2. The fourth-order valence-corrected chi connectivity index (χ4v) is 1.50. The summed E-state index contributed by atoms with van der Waals surface area (Å²) >= 11 is 0. The maximum atomic E-state index is 11.4. The van der Waals surface area contributed by atoms with Crippen molar-refractivity contribution in [1.29, 1.82) is 0 Å². The van der Waals surface area contributed by atoms with E-state index in [9.17, 15) is 4.79 Å². The summed E-state index contributed by atoms with van der Waals surface area (Å²) in [5.74, 6) is 0.192. The summed E-state index contributed by atoms with van der Waals surface area (Å²) in [4.78, 5) is 19.8. The molecule has 1 aromatic heterocycles. The summed E-state index contributed by atoms with van der Waals surface area (Å²) in [6.45, 7) is 1.76. The average molecular weight is 228 g/mol. The molecule has 0 saturated carbocycles. The highest BCUT2D eigenvalue weighted by molar-refractivity contribution is 5.90. The number of methoxy groups -OCH3 is 1. The van der Waals surface area contributed by atoms with E-state index < -0.39 is 5.97 Å². The van der Waals surface area contributed by atoms with Gasteiger partial charge in [0.1, 0.15) is 0 Å². The first-order valence-electron chi connectivity index (χ1n) is 5.19. The highest BCUT2D eigenvalue weighted by atomic mass is 16.5. The fraction of sp³-hybridized carbons (Fsp3) is 0.154. The van der Waals surface area contributed by atoms with Gasteiger partial charge in [0, 0.05) is 11.8 Å². The lowest BCUT2D eigenvalue weighted by molar-refractivity contribution is 0.0599. The Balaban J connectivity index is 2.41. The second-order valence-electron chi connectivity index (χ2n) is 3.55. The van der Waals surface area contributed by atoms with Crippen molar-refractivity contribution < 1.29 is 9.53 Å². The molecule has 0 aliphatic rings. The van der Waals surface area contributed by atoms with Gasteiger partial charge in [0.25, 0.3) is 0 Å². The Labute approximate surface area is 99.3 Å². The molecular weight excluding hydrogens is 216 g/mol. The fourth-order valence-electron chi connectivity index (χ4n) is 1.50. The lowest BCUT2D eigenvalue weighted by Crippen LogP contribution is -2.07. The summed E-state index contributed by atoms with van der Waals surface area (Å²) < 4.78 is 4.64. The van der Waals surface area contributed by atoms with E-state index >= 15 is 0 Å². The Morgan fingerprint density at radius 2 is 1.94 bits per heavy atom. The van der Waals surface area contributed by atoms with E-state index in [4.69, 9.17) is 0 Å². The topological polar surface area (TPSA) is 52.1 Å². The summed E-state index contributed by atoms with van der Waals surface area (Å²) in [6, 6.07) is 9.61. The minimum absolute atomic E-state index is 0.396. The Morgan fingerprint density at radius 3 is 2.53 bits per heavy atom. The van der Waals surface area contributed by atoms with Gasteiger partial charge in [0.2, 0.25) is 0 Å². The van der Waals surface area contributed by atoms with Crippen LogP contribution in [0, 0.1) is 6.92 Å². The number of aromatic nitrogens is 2. The van der Waals surface area contributed by atoms with Crippen LogP contribution in [-0.2, 0) is 4.74 Å². The second-order valence-corrected chi connectivity index (χ2v) is 3.55. The van der Waals surface area contributed by atoms with Crippen LogP contribution in [0.25, 0.3) is 11.4 Å². The standard InChI is InChI=1S/C13H12N2O2/c1-9-11(13(16)17-2)8-14-12(15-9)10-6-4-3-5-7-10/h3-8H,1-2H3. The van der Waals surface area contributed by atoms with Gasteiger partial charge >= 0.3 is 5.97 Å². The van der Waals surface area contributed by atoms with Crippen molar-refractivity contribution in [2.45, 2.75) is 6.92 Å². The largest absolute Gasteiger partial charge is 0.465 e. The van der Waals surface area contributed by atoms with Crippen molar-refractivity contribution in [2.24, 2.45) is 0 Å². The van der Waals surface area contributed by atoms with Crippen LogP contribution in [0.4, 0.5) is 0 Å². The van der Waals surface area contributed by atoms with Crippen LogP contribution in [0.5, 0.6) is 0 Å². The van der Waals surface area contributed by atoms with Crippen molar-refractivity contribution >= 4 is 5.97 Å². The van der Waals surface area contributed by atoms with Gasteiger partial charge in [-0.3, -0.25) is 0 Å². The number of carbonyl (C=O) groups excluding carboxylic acids is 1. The number of esters is 1. The van der Waals surface area contributed by atoms with E-state index in [2.05, 4.69) is 14.7 Å². The molecule has 1 aromatic carbocycles. The molecule has 86 valence electrons. The van der Waals surface area contributed by atoms with E-state index in [-0.39, 0.29) is 0 Å². The average Bonchev–Trinajstić information content (AvgIpc) is 2.39. The van der Waals surface area contributed by atoms with Crippen LogP contribution in [0.1, 0.15) is 16.1 Å². The smallest absolute Gasteiger partial charge is 0.341 e. The molecule has 0 saturated heterocycles. The molecule has 0 fully saturated rings. The summed E-state index contributed by atoms with van der Waals surface area (Å²) in [5.41, 5.74) is 1.94. The third kappa shape index (κ3) is 2.30. The maximum Gasteiger partial charge on any atom is 0.341 e. The molecule has 0 aliphatic heterocycles. The SMILES string of the molecule is COC(=O)c1cnc(-c2ccccc2)nc1C. The number of ether oxygens (including phenoxy) is 1. The molecule has 0 bridgehead atoms. The number of benzene rings is 1. The lowest BCUT2D eigenvalue weighted by Gasteiger charge is -2.05. The van der Waals surface area contributed by atoms with Crippen LogP contribution in [0.15, 0.2) is 36.5 Å². The van der Waals surface area contributed by atoms with E-state index in [1.807, 2.05) is 30.3 Å². The van der Waals surface area contributed by atoms with Crippen molar-refractivity contribution in [3.63, 3.8) is 0 Å². The van der Waals surface area contributed by atoms with Gasteiger partial charge in [-0.2, -0.15) is 0 Å². The van der Waals surface area contributed by atoms with Crippen LogP contribution < -0.4 is 0 Å². The Morgan fingerprint density at radius 1 is 1.24 bits per heavy atom. The third-order valence-electron chi connectivity index (χ3n) is 2.42. The first-order chi connectivity index (χ1) is 8.22. The molecule has 2 rings (SSSR count). The van der Waals surface area contributed by atoms with Gasteiger partial charge in [-0.15, -0.1) is 0 Å². The number of hydrogen-bond acceptors (Lipinski definition) is 4. The Hall–Kier alpha value is -2.23. The second kappa shape index (κ2) is 4.74. The summed E-state index contributed by atoms with van der Waals surface area (Å²) in [5, 5.41) is 0. The van der Waals surface area contributed by atoms with Crippen molar-refractivity contribution in [1.82, 2.24) is 9.97 Å². The van der Waals surface area contributed by atoms with Crippen molar-refractivity contribution in [2.75, 3.05) is 7.11 Å². The molecule has 4 nitrogen and oxygen atoms in total. The highest BCUT2D eigenvalue weighted by Crippen LogP contribution is 2.15. The molecule has 4 heteroatoms. The quantitative estimate of drug-likeness (QED) is 0.740. The maximum absolute atomic E-state index is 11.4. The van der Waals surface area contributed by atoms with E-state index in [0.29, 0.717) is 17.1 Å². The van der Waals surface area contributed by atoms with Crippen molar-refractivity contribution in [3.05, 3.63) is 47.8 Å². The van der Waals surface area contributed by atoms with Crippen molar-refractivity contribution in [3.8, 4) is 11.4 Å². The van der Waals surface area contributed by atoms with Crippen LogP contribution in [0.2, 0.25) is 0 Å². The lowest BCUT2D eigenvalue weighted by atomic mass is 10.2. The predicted octanol–water partition coefficient (Wildman–Crippen LogP) is 2.24. The normalized spacial score (nSPS) is 10.0. The van der Waals surface area contributed by atoms with Crippen LogP contribution in [0.3, 0.4) is 0 Å². The third-order valence-corrected chi connectivity index (χ3v) is 2.42. The Bertz CT molecular complexity index is 538. The van der Waals surface area contributed by atoms with Gasteiger partial charge in [-0.05, 0) is 6.92 Å².